The third kappa shape index (κ3) is 2.66. The Morgan fingerprint density at radius 1 is 1.50 bits per heavy atom. The number of hydrogen-bond acceptors (Lipinski definition) is 3. The fourth-order valence-electron chi connectivity index (χ4n) is 1.94. The van der Waals surface area contributed by atoms with Gasteiger partial charge in [-0.15, -0.1) is 0 Å². The summed E-state index contributed by atoms with van der Waals surface area (Å²) in [6.45, 7) is 3.13. The van der Waals surface area contributed by atoms with Gasteiger partial charge < -0.3 is 5.32 Å². The number of piperazine rings is 1. The van der Waals surface area contributed by atoms with E-state index in [1.54, 1.807) is 0 Å². The molecule has 0 spiro atoms. The lowest BCUT2D eigenvalue weighted by molar-refractivity contribution is 0.309. The number of halogens is 2. The van der Waals surface area contributed by atoms with Gasteiger partial charge >= 0.3 is 0 Å². The van der Waals surface area contributed by atoms with Crippen molar-refractivity contribution in [1.29, 1.82) is 0 Å². The van der Waals surface area contributed by atoms with Gasteiger partial charge in [0.15, 0.2) is 0 Å². The molecular formula is C11H14ClFN2O2S. The molecule has 1 N–H and O–H groups in total. The molecule has 4 nitrogen and oxygen atoms in total. The van der Waals surface area contributed by atoms with Gasteiger partial charge in [0.05, 0.1) is 0 Å². The molecule has 0 aromatic heterocycles. The Morgan fingerprint density at radius 2 is 2.22 bits per heavy atom. The Labute approximate surface area is 111 Å². The van der Waals surface area contributed by atoms with Crippen molar-refractivity contribution in [2.75, 3.05) is 19.6 Å². The highest BCUT2D eigenvalue weighted by Gasteiger charge is 2.30. The number of sulfonamides is 1. The van der Waals surface area contributed by atoms with E-state index in [0.29, 0.717) is 19.6 Å². The van der Waals surface area contributed by atoms with Crippen LogP contribution < -0.4 is 5.32 Å². The first-order valence-electron chi connectivity index (χ1n) is 5.60. The van der Waals surface area contributed by atoms with E-state index in [4.69, 9.17) is 11.6 Å². The van der Waals surface area contributed by atoms with E-state index in [-0.39, 0.29) is 16.0 Å². The van der Waals surface area contributed by atoms with E-state index in [1.807, 2.05) is 6.92 Å². The topological polar surface area (TPSA) is 49.4 Å². The van der Waals surface area contributed by atoms with E-state index >= 15 is 0 Å². The standard InChI is InChI=1S/C11H14ClFN2O2S/c1-8-7-15(5-4-14-8)18(16,17)11-3-2-9(12)6-10(11)13/h2-3,6,8,14H,4-5,7H2,1H3/t8-/m1/s1. The van der Waals surface area contributed by atoms with Crippen molar-refractivity contribution in [3.05, 3.63) is 29.0 Å². The van der Waals surface area contributed by atoms with Crippen molar-refractivity contribution >= 4 is 21.6 Å². The Morgan fingerprint density at radius 3 is 2.83 bits per heavy atom. The van der Waals surface area contributed by atoms with Crippen molar-refractivity contribution in [2.24, 2.45) is 0 Å². The van der Waals surface area contributed by atoms with Gasteiger partial charge in [-0.25, -0.2) is 12.8 Å². The van der Waals surface area contributed by atoms with Crippen LogP contribution in [0.3, 0.4) is 0 Å². The van der Waals surface area contributed by atoms with Crippen molar-refractivity contribution in [2.45, 2.75) is 17.9 Å². The van der Waals surface area contributed by atoms with Gasteiger partial charge in [-0.05, 0) is 25.1 Å². The Bertz CT molecular complexity index is 550. The second-order valence-electron chi connectivity index (χ2n) is 4.29. The zero-order valence-corrected chi connectivity index (χ0v) is 11.4. The summed E-state index contributed by atoms with van der Waals surface area (Å²) >= 11 is 5.62. The first-order valence-corrected chi connectivity index (χ1v) is 7.41. The summed E-state index contributed by atoms with van der Waals surface area (Å²) in [5.74, 6) is -0.811. The molecule has 100 valence electrons. The van der Waals surface area contributed by atoms with Gasteiger partial charge in [0.2, 0.25) is 10.0 Å². The summed E-state index contributed by atoms with van der Waals surface area (Å²) in [7, 11) is -3.78. The third-order valence-electron chi connectivity index (χ3n) is 2.84. The molecule has 18 heavy (non-hydrogen) atoms. The van der Waals surface area contributed by atoms with Crippen LogP contribution in [0, 0.1) is 5.82 Å². The number of hydrogen-bond donors (Lipinski definition) is 1. The first-order chi connectivity index (χ1) is 8.41. The maximum absolute atomic E-state index is 13.7. The van der Waals surface area contributed by atoms with Crippen LogP contribution in [0.5, 0.6) is 0 Å². The van der Waals surface area contributed by atoms with Gasteiger partial charge in [0, 0.05) is 30.7 Å². The molecule has 1 aromatic rings. The SMILES string of the molecule is C[C@@H]1CN(S(=O)(=O)c2ccc(Cl)cc2F)CCN1. The fourth-order valence-corrected chi connectivity index (χ4v) is 3.67. The molecule has 1 aromatic carbocycles. The minimum absolute atomic E-state index is 0.0592. The van der Waals surface area contributed by atoms with Gasteiger partial charge in [0.1, 0.15) is 10.7 Å². The van der Waals surface area contributed by atoms with Gasteiger partial charge in [-0.1, -0.05) is 11.6 Å². The van der Waals surface area contributed by atoms with E-state index in [1.165, 1.54) is 16.4 Å². The largest absolute Gasteiger partial charge is 0.312 e. The molecule has 0 unspecified atom stereocenters. The quantitative estimate of drug-likeness (QED) is 0.898. The van der Waals surface area contributed by atoms with Crippen LogP contribution in [0.4, 0.5) is 4.39 Å². The highest BCUT2D eigenvalue weighted by Crippen LogP contribution is 2.23. The van der Waals surface area contributed by atoms with E-state index in [9.17, 15) is 12.8 Å². The average Bonchev–Trinajstić information content (AvgIpc) is 2.28. The molecule has 7 heteroatoms. The van der Waals surface area contributed by atoms with Crippen LogP contribution >= 0.6 is 11.6 Å². The van der Waals surface area contributed by atoms with Crippen LogP contribution in [0.1, 0.15) is 6.92 Å². The molecule has 1 aliphatic heterocycles. The number of nitrogens with zero attached hydrogens (tertiary/aromatic N) is 1. The molecule has 2 rings (SSSR count). The third-order valence-corrected chi connectivity index (χ3v) is 4.98. The molecule has 1 atom stereocenters. The zero-order valence-electron chi connectivity index (χ0n) is 9.86. The predicted octanol–water partition coefficient (Wildman–Crippen LogP) is 1.46. The molecule has 1 saturated heterocycles. The Hall–Kier alpha value is -0.690. The molecule has 0 amide bonds. The van der Waals surface area contributed by atoms with Crippen LogP contribution in [-0.4, -0.2) is 38.4 Å². The normalized spacial score (nSPS) is 22.1. The predicted molar refractivity (Wildman–Crippen MR) is 67.6 cm³/mol. The van der Waals surface area contributed by atoms with Crippen molar-refractivity contribution in [1.82, 2.24) is 9.62 Å². The first kappa shape index (κ1) is 13.7. The van der Waals surface area contributed by atoms with Crippen molar-refractivity contribution in [3.8, 4) is 0 Å². The average molecular weight is 293 g/mol. The van der Waals surface area contributed by atoms with Crippen LogP contribution in [0.25, 0.3) is 0 Å². The van der Waals surface area contributed by atoms with E-state index in [0.717, 1.165) is 6.07 Å². The van der Waals surface area contributed by atoms with Crippen LogP contribution in [0.2, 0.25) is 5.02 Å². The molecule has 0 bridgehead atoms. The smallest absolute Gasteiger partial charge is 0.246 e. The molecule has 1 aliphatic rings. The summed E-state index contributed by atoms with van der Waals surface area (Å²) in [6.07, 6.45) is 0. The minimum atomic E-state index is -3.78. The number of rotatable bonds is 2. The molecule has 1 fully saturated rings. The summed E-state index contributed by atoms with van der Waals surface area (Å²) in [5.41, 5.74) is 0. The second kappa shape index (κ2) is 5.13. The lowest BCUT2D eigenvalue weighted by atomic mass is 10.3. The van der Waals surface area contributed by atoms with E-state index in [2.05, 4.69) is 5.32 Å². The van der Waals surface area contributed by atoms with Crippen LogP contribution in [0.15, 0.2) is 23.1 Å². The Balaban J connectivity index is 2.35. The Kier molecular flexibility index (Phi) is 3.91. The summed E-state index contributed by atoms with van der Waals surface area (Å²) in [4.78, 5) is -0.319. The molecule has 0 saturated carbocycles. The second-order valence-corrected chi connectivity index (χ2v) is 6.64. The minimum Gasteiger partial charge on any atom is -0.312 e. The molecular weight excluding hydrogens is 279 g/mol. The highest BCUT2D eigenvalue weighted by atomic mass is 35.5. The van der Waals surface area contributed by atoms with E-state index < -0.39 is 15.8 Å². The van der Waals surface area contributed by atoms with Crippen molar-refractivity contribution < 1.29 is 12.8 Å². The van der Waals surface area contributed by atoms with Crippen LogP contribution in [-0.2, 0) is 10.0 Å². The highest BCUT2D eigenvalue weighted by molar-refractivity contribution is 7.89. The van der Waals surface area contributed by atoms with Gasteiger partial charge in [-0.3, -0.25) is 0 Å². The molecule has 0 radical (unpaired) electrons. The lowest BCUT2D eigenvalue weighted by Crippen LogP contribution is -2.51. The molecule has 1 heterocycles. The monoisotopic (exact) mass is 292 g/mol. The number of nitrogens with one attached hydrogen (secondary N) is 1. The maximum Gasteiger partial charge on any atom is 0.246 e. The van der Waals surface area contributed by atoms with Crippen molar-refractivity contribution in [3.63, 3.8) is 0 Å². The summed E-state index contributed by atoms with van der Waals surface area (Å²) < 4.78 is 39.5. The fraction of sp³-hybridized carbons (Fsp3) is 0.455. The van der Waals surface area contributed by atoms with Gasteiger partial charge in [0.25, 0.3) is 0 Å². The lowest BCUT2D eigenvalue weighted by Gasteiger charge is -2.31. The molecule has 0 aliphatic carbocycles. The number of benzene rings is 1. The van der Waals surface area contributed by atoms with Gasteiger partial charge in [-0.2, -0.15) is 4.31 Å². The summed E-state index contributed by atoms with van der Waals surface area (Å²) in [6, 6.07) is 3.66. The summed E-state index contributed by atoms with van der Waals surface area (Å²) in [5, 5.41) is 3.32. The zero-order chi connectivity index (χ0) is 13.3. The maximum atomic E-state index is 13.7.